The lowest BCUT2D eigenvalue weighted by Crippen LogP contribution is -2.55. The van der Waals surface area contributed by atoms with Crippen molar-refractivity contribution in [3.8, 4) is 0 Å². The average Bonchev–Trinajstić information content (AvgIpc) is 3.00. The Morgan fingerprint density at radius 3 is 2.51 bits per heavy atom. The zero-order chi connectivity index (χ0) is 28.0. The number of fused-ring (bicyclic) bond motifs is 5. The molecule has 0 aromatic heterocycles. The van der Waals surface area contributed by atoms with Gasteiger partial charge in [0, 0.05) is 6.42 Å². The number of esters is 2. The van der Waals surface area contributed by atoms with Crippen molar-refractivity contribution in [2.45, 2.75) is 138 Å². The first-order chi connectivity index (χ1) is 18.5. The van der Waals surface area contributed by atoms with Gasteiger partial charge < -0.3 is 9.47 Å². The second kappa shape index (κ2) is 11.2. The van der Waals surface area contributed by atoms with Crippen molar-refractivity contribution < 1.29 is 19.1 Å². The molecule has 0 N–H and O–H groups in total. The summed E-state index contributed by atoms with van der Waals surface area (Å²) in [4.78, 5) is 25.2. The lowest BCUT2D eigenvalue weighted by atomic mass is 9.42. The molecule has 0 bridgehead atoms. The topological polar surface area (TPSA) is 52.6 Å². The molecule has 9 atom stereocenters. The van der Waals surface area contributed by atoms with Crippen LogP contribution in [-0.4, -0.2) is 24.6 Å². The van der Waals surface area contributed by atoms with Gasteiger partial charge in [0.2, 0.25) is 0 Å². The van der Waals surface area contributed by atoms with Crippen molar-refractivity contribution in [1.82, 2.24) is 0 Å². The third-order valence-corrected chi connectivity index (χ3v) is 13.1. The number of hydrogen-bond acceptors (Lipinski definition) is 4. The van der Waals surface area contributed by atoms with Gasteiger partial charge in [0.1, 0.15) is 6.10 Å². The molecule has 0 aromatic rings. The first-order valence-electron chi connectivity index (χ1n) is 16.6. The summed E-state index contributed by atoms with van der Waals surface area (Å²) in [7, 11) is 0. The first kappa shape index (κ1) is 29.2. The van der Waals surface area contributed by atoms with Gasteiger partial charge in [-0.2, -0.15) is 0 Å². The SMILES string of the molecule is CC(C)CCC[C@@H](C)[C@H]1CCC2(C)C3CC=C4CC(OC(=O)C5CCCCOC5=O)CC[C@]4(C)C3CC[C@]12C. The zero-order valence-corrected chi connectivity index (χ0v) is 25.9. The van der Waals surface area contributed by atoms with E-state index in [1.165, 1.54) is 56.9 Å². The molecule has 1 aliphatic heterocycles. The molecule has 1 saturated heterocycles. The highest BCUT2D eigenvalue weighted by Crippen LogP contribution is 2.72. The molecule has 3 saturated carbocycles. The van der Waals surface area contributed by atoms with E-state index in [0.717, 1.165) is 61.7 Å². The van der Waals surface area contributed by atoms with Crippen LogP contribution in [0.4, 0.5) is 0 Å². The molecule has 4 nitrogen and oxygen atoms in total. The van der Waals surface area contributed by atoms with Gasteiger partial charge in [-0.3, -0.25) is 9.59 Å². The minimum atomic E-state index is -0.732. The lowest BCUT2D eigenvalue weighted by molar-refractivity contribution is -0.166. The minimum Gasteiger partial charge on any atom is -0.465 e. The zero-order valence-electron chi connectivity index (χ0n) is 25.9. The fraction of sp³-hybridized carbons (Fsp3) is 0.886. The van der Waals surface area contributed by atoms with Crippen LogP contribution in [0.5, 0.6) is 0 Å². The van der Waals surface area contributed by atoms with Crippen LogP contribution in [0.25, 0.3) is 0 Å². The third kappa shape index (κ3) is 5.14. The molecule has 1 heterocycles. The highest BCUT2D eigenvalue weighted by Gasteiger charge is 2.64. The number of hydrogen-bond donors (Lipinski definition) is 0. The molecular formula is C35H56O4. The maximum Gasteiger partial charge on any atom is 0.320 e. The molecule has 39 heavy (non-hydrogen) atoms. The van der Waals surface area contributed by atoms with E-state index in [0.29, 0.717) is 23.9 Å². The van der Waals surface area contributed by atoms with Crippen molar-refractivity contribution in [3.63, 3.8) is 0 Å². The van der Waals surface area contributed by atoms with E-state index < -0.39 is 5.92 Å². The van der Waals surface area contributed by atoms with Crippen LogP contribution in [-0.2, 0) is 19.1 Å². The van der Waals surface area contributed by atoms with Crippen molar-refractivity contribution in [1.29, 1.82) is 0 Å². The molecule has 5 unspecified atom stereocenters. The normalized spacial score (nSPS) is 42.9. The van der Waals surface area contributed by atoms with E-state index >= 15 is 0 Å². The maximum atomic E-state index is 12.9. The molecule has 5 rings (SSSR count). The predicted octanol–water partition coefficient (Wildman–Crippen LogP) is 8.67. The maximum absolute atomic E-state index is 12.9. The summed E-state index contributed by atoms with van der Waals surface area (Å²) >= 11 is 0. The van der Waals surface area contributed by atoms with Gasteiger partial charge in [-0.15, -0.1) is 0 Å². The monoisotopic (exact) mass is 540 g/mol. The predicted molar refractivity (Wildman–Crippen MR) is 156 cm³/mol. The fourth-order valence-corrected chi connectivity index (χ4v) is 10.4. The van der Waals surface area contributed by atoms with Crippen LogP contribution >= 0.6 is 0 Å². The molecule has 0 aromatic carbocycles. The number of carbonyl (C=O) groups excluding carboxylic acids is 2. The van der Waals surface area contributed by atoms with Crippen LogP contribution in [0.3, 0.4) is 0 Å². The highest BCUT2D eigenvalue weighted by molar-refractivity contribution is 5.95. The Labute approximate surface area is 238 Å². The van der Waals surface area contributed by atoms with Crippen LogP contribution < -0.4 is 0 Å². The van der Waals surface area contributed by atoms with Crippen molar-refractivity contribution in [2.75, 3.05) is 6.61 Å². The van der Waals surface area contributed by atoms with Gasteiger partial charge in [-0.1, -0.05) is 72.5 Å². The Bertz CT molecular complexity index is 952. The number of allylic oxidation sites excluding steroid dienone is 1. The quantitative estimate of drug-likeness (QED) is 0.184. The van der Waals surface area contributed by atoms with Crippen LogP contribution in [0.1, 0.15) is 131 Å². The Balaban J connectivity index is 1.27. The summed E-state index contributed by atoms with van der Waals surface area (Å²) in [5.41, 5.74) is 2.62. The van der Waals surface area contributed by atoms with E-state index in [1.54, 1.807) is 0 Å². The summed E-state index contributed by atoms with van der Waals surface area (Å²) in [5, 5.41) is 0. The fourth-order valence-electron chi connectivity index (χ4n) is 10.4. The molecule has 4 heteroatoms. The lowest BCUT2D eigenvalue weighted by Gasteiger charge is -2.63. The van der Waals surface area contributed by atoms with Crippen molar-refractivity contribution >= 4 is 11.9 Å². The number of cyclic esters (lactones) is 1. The molecule has 0 amide bonds. The molecule has 0 radical (unpaired) electrons. The first-order valence-corrected chi connectivity index (χ1v) is 16.6. The Kier molecular flexibility index (Phi) is 8.35. The second-order valence-corrected chi connectivity index (χ2v) is 15.4. The van der Waals surface area contributed by atoms with Gasteiger partial charge in [0.25, 0.3) is 0 Å². The Hall–Kier alpha value is -1.32. The van der Waals surface area contributed by atoms with Crippen LogP contribution in [0.2, 0.25) is 0 Å². The summed E-state index contributed by atoms with van der Waals surface area (Å²) in [6.45, 7) is 15.6. The molecule has 4 fully saturated rings. The van der Waals surface area contributed by atoms with Crippen LogP contribution in [0.15, 0.2) is 11.6 Å². The summed E-state index contributed by atoms with van der Waals surface area (Å²) < 4.78 is 11.2. The number of rotatable bonds is 7. The number of carbonyl (C=O) groups is 2. The summed E-state index contributed by atoms with van der Waals surface area (Å²) in [6, 6.07) is 0. The van der Waals surface area contributed by atoms with Gasteiger partial charge in [0.15, 0.2) is 5.92 Å². The van der Waals surface area contributed by atoms with Crippen LogP contribution in [0, 0.1) is 51.8 Å². The van der Waals surface area contributed by atoms with Crippen molar-refractivity contribution in [2.24, 2.45) is 51.8 Å². The average molecular weight is 541 g/mol. The molecule has 220 valence electrons. The van der Waals surface area contributed by atoms with Gasteiger partial charge in [-0.25, -0.2) is 0 Å². The van der Waals surface area contributed by atoms with E-state index in [-0.39, 0.29) is 23.5 Å². The second-order valence-electron chi connectivity index (χ2n) is 15.4. The summed E-state index contributed by atoms with van der Waals surface area (Å²) in [6.07, 6.45) is 18.4. The van der Waals surface area contributed by atoms with E-state index in [9.17, 15) is 9.59 Å². The Morgan fingerprint density at radius 1 is 0.974 bits per heavy atom. The number of ether oxygens (including phenoxy) is 2. The van der Waals surface area contributed by atoms with E-state index in [4.69, 9.17) is 9.47 Å². The van der Waals surface area contributed by atoms with E-state index in [1.807, 2.05) is 0 Å². The van der Waals surface area contributed by atoms with Gasteiger partial charge in [0.05, 0.1) is 6.61 Å². The third-order valence-electron chi connectivity index (χ3n) is 13.1. The standard InChI is InChI=1S/C35H56O4/c1-23(2)10-9-11-24(3)28-16-19-35(6)30-14-13-25-22-26(39-32(37)27-12-7-8-21-38-31(27)36)15-18-33(25,4)29(30)17-20-34(28,35)5/h13,23-24,26-30H,7-12,14-22H2,1-6H3/t24-,26?,27?,28-,29?,30?,33+,34-,35?/m1/s1. The van der Waals surface area contributed by atoms with Gasteiger partial charge >= 0.3 is 11.9 Å². The van der Waals surface area contributed by atoms with Crippen molar-refractivity contribution in [3.05, 3.63) is 11.6 Å². The molecule has 0 spiro atoms. The molecule has 5 aliphatic rings. The summed E-state index contributed by atoms with van der Waals surface area (Å²) in [5.74, 6) is 2.52. The van der Waals surface area contributed by atoms with E-state index in [2.05, 4.69) is 47.6 Å². The molecule has 4 aliphatic carbocycles. The minimum absolute atomic E-state index is 0.101. The molecular weight excluding hydrogens is 484 g/mol. The largest absolute Gasteiger partial charge is 0.465 e. The Morgan fingerprint density at radius 2 is 1.74 bits per heavy atom. The van der Waals surface area contributed by atoms with Gasteiger partial charge in [-0.05, 0) is 110 Å². The highest BCUT2D eigenvalue weighted by atomic mass is 16.6. The smallest absolute Gasteiger partial charge is 0.320 e.